The fourth-order valence-corrected chi connectivity index (χ4v) is 4.68. The Balaban J connectivity index is 1.58. The summed E-state index contributed by atoms with van der Waals surface area (Å²) in [6.45, 7) is 6.19. The molecule has 3 amide bonds. The molecule has 3 aromatic rings. The van der Waals surface area contributed by atoms with E-state index in [9.17, 15) is 14.4 Å². The summed E-state index contributed by atoms with van der Waals surface area (Å²) in [5.74, 6) is -0.240. The molecule has 6 nitrogen and oxygen atoms in total. The summed E-state index contributed by atoms with van der Waals surface area (Å²) in [6.07, 6.45) is 3.63. The van der Waals surface area contributed by atoms with Gasteiger partial charge < -0.3 is 10.1 Å². The van der Waals surface area contributed by atoms with Crippen LogP contribution in [0.15, 0.2) is 59.5 Å². The van der Waals surface area contributed by atoms with Gasteiger partial charge in [-0.25, -0.2) is 0 Å². The largest absolute Gasteiger partial charge is 0.493 e. The SMILES string of the molecule is CCCCOc1ccc2ccccc2c1/C=C1\SC(=O)N(CC(=O)Nc2cccc(C)c2C)C1=O. The van der Waals surface area contributed by atoms with Gasteiger partial charge in [0.15, 0.2) is 0 Å². The Labute approximate surface area is 209 Å². The molecule has 35 heavy (non-hydrogen) atoms. The third-order valence-electron chi connectivity index (χ3n) is 6.02. The fraction of sp³-hybridized carbons (Fsp3) is 0.250. The maximum absolute atomic E-state index is 13.1. The van der Waals surface area contributed by atoms with Gasteiger partial charge in [-0.3, -0.25) is 19.3 Å². The second kappa shape index (κ2) is 10.8. The first-order chi connectivity index (χ1) is 16.9. The normalized spacial score (nSPS) is 14.7. The van der Waals surface area contributed by atoms with Crippen LogP contribution in [0.2, 0.25) is 0 Å². The molecule has 1 aliphatic rings. The first-order valence-electron chi connectivity index (χ1n) is 11.6. The number of carbonyl (C=O) groups excluding carboxylic acids is 3. The molecule has 0 spiro atoms. The molecule has 1 saturated heterocycles. The minimum absolute atomic E-state index is 0.270. The lowest BCUT2D eigenvalue weighted by Crippen LogP contribution is -2.36. The molecule has 1 N–H and O–H groups in total. The van der Waals surface area contributed by atoms with E-state index >= 15 is 0 Å². The van der Waals surface area contributed by atoms with Crippen molar-refractivity contribution in [1.82, 2.24) is 4.90 Å². The predicted octanol–water partition coefficient (Wildman–Crippen LogP) is 6.31. The lowest BCUT2D eigenvalue weighted by Gasteiger charge is -2.14. The van der Waals surface area contributed by atoms with E-state index in [1.165, 1.54) is 0 Å². The van der Waals surface area contributed by atoms with Crippen molar-refractivity contribution in [2.24, 2.45) is 0 Å². The van der Waals surface area contributed by atoms with Crippen LogP contribution in [0.5, 0.6) is 5.75 Å². The number of thioether (sulfide) groups is 1. The van der Waals surface area contributed by atoms with Gasteiger partial charge in [0.2, 0.25) is 5.91 Å². The summed E-state index contributed by atoms with van der Waals surface area (Å²) < 4.78 is 6.01. The molecular weight excluding hydrogens is 460 g/mol. The number of benzene rings is 3. The maximum atomic E-state index is 13.1. The number of hydrogen-bond donors (Lipinski definition) is 1. The molecule has 0 aromatic heterocycles. The molecule has 0 aliphatic carbocycles. The van der Waals surface area contributed by atoms with E-state index in [0.717, 1.165) is 57.0 Å². The summed E-state index contributed by atoms with van der Waals surface area (Å²) >= 11 is 0.839. The zero-order valence-electron chi connectivity index (χ0n) is 20.1. The van der Waals surface area contributed by atoms with Crippen molar-refractivity contribution >= 4 is 51.4 Å². The summed E-state index contributed by atoms with van der Waals surface area (Å²) in [5.41, 5.74) is 3.41. The van der Waals surface area contributed by atoms with Gasteiger partial charge in [0.05, 0.1) is 11.5 Å². The van der Waals surface area contributed by atoms with E-state index in [1.807, 2.05) is 62.4 Å². The van der Waals surface area contributed by atoms with Crippen LogP contribution in [-0.2, 0) is 9.59 Å². The Kier molecular flexibility index (Phi) is 7.56. The van der Waals surface area contributed by atoms with Crippen molar-refractivity contribution in [3.8, 4) is 5.75 Å². The standard InChI is InChI=1S/C28H28N2O4S/c1-4-5-15-34-24-14-13-20-10-6-7-11-21(20)22(24)16-25-27(32)30(28(33)35-25)17-26(31)29-23-12-8-9-18(2)19(23)3/h6-14,16H,4-5,15,17H2,1-3H3,(H,29,31)/b25-16-. The van der Waals surface area contributed by atoms with Crippen molar-refractivity contribution in [3.05, 3.63) is 76.2 Å². The zero-order valence-corrected chi connectivity index (χ0v) is 20.9. The van der Waals surface area contributed by atoms with Gasteiger partial charge in [-0.2, -0.15) is 0 Å². The van der Waals surface area contributed by atoms with Crippen LogP contribution in [0.25, 0.3) is 16.8 Å². The fourth-order valence-electron chi connectivity index (χ4n) is 3.86. The molecule has 0 bridgehead atoms. The van der Waals surface area contributed by atoms with Crippen molar-refractivity contribution in [2.45, 2.75) is 33.6 Å². The van der Waals surface area contributed by atoms with Gasteiger partial charge in [-0.05, 0) is 72.1 Å². The number of carbonyl (C=O) groups is 3. The molecule has 4 rings (SSSR count). The van der Waals surface area contributed by atoms with Crippen LogP contribution in [0, 0.1) is 13.8 Å². The van der Waals surface area contributed by atoms with Gasteiger partial charge in [0.25, 0.3) is 11.1 Å². The van der Waals surface area contributed by atoms with Gasteiger partial charge >= 0.3 is 0 Å². The van der Waals surface area contributed by atoms with Crippen molar-refractivity contribution in [2.75, 3.05) is 18.5 Å². The van der Waals surface area contributed by atoms with Crippen LogP contribution >= 0.6 is 11.8 Å². The first kappa shape index (κ1) is 24.5. The quantitative estimate of drug-likeness (QED) is 0.297. The molecule has 1 aliphatic heterocycles. The van der Waals surface area contributed by atoms with E-state index in [4.69, 9.17) is 4.74 Å². The number of hydrogen-bond acceptors (Lipinski definition) is 5. The summed E-state index contributed by atoms with van der Waals surface area (Å²) in [5, 5.41) is 4.28. The molecule has 180 valence electrons. The number of nitrogens with zero attached hydrogens (tertiary/aromatic N) is 1. The second-order valence-corrected chi connectivity index (χ2v) is 9.46. The molecule has 3 aromatic carbocycles. The summed E-state index contributed by atoms with van der Waals surface area (Å²) in [6, 6.07) is 17.3. The number of fused-ring (bicyclic) bond motifs is 1. The summed E-state index contributed by atoms with van der Waals surface area (Å²) in [4.78, 5) is 39.7. The Bertz CT molecular complexity index is 1330. The van der Waals surface area contributed by atoms with E-state index in [1.54, 1.807) is 12.1 Å². The average Bonchev–Trinajstić information content (AvgIpc) is 3.10. The van der Waals surface area contributed by atoms with Crippen LogP contribution < -0.4 is 10.1 Å². The zero-order chi connectivity index (χ0) is 24.9. The Morgan fingerprint density at radius 3 is 2.66 bits per heavy atom. The number of amides is 3. The molecular formula is C28H28N2O4S. The number of anilines is 1. The van der Waals surface area contributed by atoms with Crippen LogP contribution in [-0.4, -0.2) is 35.1 Å². The first-order valence-corrected chi connectivity index (χ1v) is 12.5. The van der Waals surface area contributed by atoms with Crippen LogP contribution in [0.3, 0.4) is 0 Å². The highest BCUT2D eigenvalue weighted by Crippen LogP contribution is 2.37. The number of rotatable bonds is 8. The smallest absolute Gasteiger partial charge is 0.294 e. The molecule has 7 heteroatoms. The van der Waals surface area contributed by atoms with Crippen LogP contribution in [0.1, 0.15) is 36.5 Å². The topological polar surface area (TPSA) is 75.7 Å². The third-order valence-corrected chi connectivity index (χ3v) is 6.92. The lowest BCUT2D eigenvalue weighted by molar-refractivity contribution is -0.127. The monoisotopic (exact) mass is 488 g/mol. The van der Waals surface area contributed by atoms with Gasteiger partial charge in [0.1, 0.15) is 12.3 Å². The molecule has 0 radical (unpaired) electrons. The van der Waals surface area contributed by atoms with Crippen molar-refractivity contribution in [1.29, 1.82) is 0 Å². The molecule has 0 unspecified atom stereocenters. The van der Waals surface area contributed by atoms with Crippen molar-refractivity contribution in [3.63, 3.8) is 0 Å². The second-order valence-electron chi connectivity index (χ2n) is 8.46. The number of ether oxygens (including phenoxy) is 1. The van der Waals surface area contributed by atoms with E-state index in [0.29, 0.717) is 18.0 Å². The van der Waals surface area contributed by atoms with Crippen LogP contribution in [0.4, 0.5) is 10.5 Å². The lowest BCUT2D eigenvalue weighted by atomic mass is 10.0. The minimum Gasteiger partial charge on any atom is -0.493 e. The molecule has 0 atom stereocenters. The van der Waals surface area contributed by atoms with Gasteiger partial charge in [-0.1, -0.05) is 55.8 Å². The average molecular weight is 489 g/mol. The molecule has 1 fully saturated rings. The van der Waals surface area contributed by atoms with Gasteiger partial charge in [0, 0.05) is 11.3 Å². The number of unbranched alkanes of at least 4 members (excludes halogenated alkanes) is 1. The summed E-state index contributed by atoms with van der Waals surface area (Å²) in [7, 11) is 0. The molecule has 1 heterocycles. The Morgan fingerprint density at radius 2 is 1.86 bits per heavy atom. The number of aryl methyl sites for hydroxylation is 1. The van der Waals surface area contributed by atoms with Crippen molar-refractivity contribution < 1.29 is 19.1 Å². The third kappa shape index (κ3) is 5.41. The molecule has 0 saturated carbocycles. The minimum atomic E-state index is -0.483. The number of nitrogens with one attached hydrogen (secondary N) is 1. The Morgan fingerprint density at radius 1 is 1.06 bits per heavy atom. The van der Waals surface area contributed by atoms with E-state index < -0.39 is 17.1 Å². The Hall–Kier alpha value is -3.58. The highest BCUT2D eigenvalue weighted by atomic mass is 32.2. The van der Waals surface area contributed by atoms with Gasteiger partial charge in [-0.15, -0.1) is 0 Å². The highest BCUT2D eigenvalue weighted by molar-refractivity contribution is 8.18. The number of imide groups is 1. The highest BCUT2D eigenvalue weighted by Gasteiger charge is 2.36. The van der Waals surface area contributed by atoms with E-state index in [-0.39, 0.29) is 11.4 Å². The predicted molar refractivity (Wildman–Crippen MR) is 142 cm³/mol. The van der Waals surface area contributed by atoms with E-state index in [2.05, 4.69) is 12.2 Å². The maximum Gasteiger partial charge on any atom is 0.294 e.